The number of benzene rings is 1. The lowest BCUT2D eigenvalue weighted by Gasteiger charge is -2.01. The zero-order valence-electron chi connectivity index (χ0n) is 9.12. The normalized spacial score (nSPS) is 10.2. The van der Waals surface area contributed by atoms with E-state index < -0.39 is 5.97 Å². The van der Waals surface area contributed by atoms with Crippen LogP contribution in [0, 0.1) is 0 Å². The van der Waals surface area contributed by atoms with Crippen LogP contribution >= 0.6 is 11.8 Å². The van der Waals surface area contributed by atoms with Crippen molar-refractivity contribution in [2.75, 3.05) is 6.26 Å². The second kappa shape index (κ2) is 4.97. The first-order valence-corrected chi connectivity index (χ1v) is 6.13. The number of aromatic carboxylic acids is 1. The molecule has 0 aliphatic heterocycles. The standard InChI is InChI=1S/C12H10N2O2S/c1-17-10-4-2-8(3-5-10)11-13-6-9(7-14-11)12(15)16/h2-7H,1H3,(H,15,16). The van der Waals surface area contributed by atoms with Crippen molar-refractivity contribution < 1.29 is 9.90 Å². The van der Waals surface area contributed by atoms with Crippen molar-refractivity contribution in [1.82, 2.24) is 9.97 Å². The molecule has 1 aromatic carbocycles. The lowest BCUT2D eigenvalue weighted by Crippen LogP contribution is -1.99. The highest BCUT2D eigenvalue weighted by molar-refractivity contribution is 7.98. The summed E-state index contributed by atoms with van der Waals surface area (Å²) in [5.41, 5.74) is 0.967. The predicted octanol–water partition coefficient (Wildman–Crippen LogP) is 2.56. The molecule has 0 aliphatic carbocycles. The van der Waals surface area contributed by atoms with Gasteiger partial charge in [-0.25, -0.2) is 14.8 Å². The smallest absolute Gasteiger partial charge is 0.338 e. The average molecular weight is 246 g/mol. The fourth-order valence-corrected chi connectivity index (χ4v) is 1.74. The third-order valence-corrected chi connectivity index (χ3v) is 2.99. The van der Waals surface area contributed by atoms with Crippen LogP contribution in [0.5, 0.6) is 0 Å². The molecule has 1 heterocycles. The number of carboxylic acid groups (broad SMARTS) is 1. The van der Waals surface area contributed by atoms with E-state index in [2.05, 4.69) is 9.97 Å². The molecule has 86 valence electrons. The quantitative estimate of drug-likeness (QED) is 0.843. The van der Waals surface area contributed by atoms with Crippen LogP contribution in [0.25, 0.3) is 11.4 Å². The van der Waals surface area contributed by atoms with Gasteiger partial charge in [0.1, 0.15) is 0 Å². The number of carboxylic acids is 1. The predicted molar refractivity (Wildman–Crippen MR) is 66.2 cm³/mol. The lowest BCUT2D eigenvalue weighted by atomic mass is 10.2. The minimum absolute atomic E-state index is 0.0921. The number of aromatic nitrogens is 2. The Morgan fingerprint density at radius 2 is 1.76 bits per heavy atom. The van der Waals surface area contributed by atoms with Crippen LogP contribution in [0.1, 0.15) is 10.4 Å². The van der Waals surface area contributed by atoms with Crippen LogP contribution in [0.15, 0.2) is 41.6 Å². The van der Waals surface area contributed by atoms with E-state index in [1.54, 1.807) is 11.8 Å². The topological polar surface area (TPSA) is 63.1 Å². The van der Waals surface area contributed by atoms with Crippen LogP contribution in [0.3, 0.4) is 0 Å². The summed E-state index contributed by atoms with van der Waals surface area (Å²) in [6.07, 6.45) is 4.63. The van der Waals surface area contributed by atoms with E-state index in [9.17, 15) is 4.79 Å². The fourth-order valence-electron chi connectivity index (χ4n) is 1.33. The molecule has 0 unspecified atom stereocenters. The van der Waals surface area contributed by atoms with Gasteiger partial charge in [-0.15, -0.1) is 11.8 Å². The Morgan fingerprint density at radius 3 is 2.24 bits per heavy atom. The summed E-state index contributed by atoms with van der Waals surface area (Å²) < 4.78 is 0. The third-order valence-electron chi connectivity index (χ3n) is 2.25. The van der Waals surface area contributed by atoms with Gasteiger partial charge in [0.2, 0.25) is 0 Å². The number of nitrogens with zero attached hydrogens (tertiary/aromatic N) is 2. The van der Waals surface area contributed by atoms with Gasteiger partial charge in [-0.3, -0.25) is 0 Å². The van der Waals surface area contributed by atoms with E-state index >= 15 is 0 Å². The molecule has 0 fully saturated rings. The second-order valence-electron chi connectivity index (χ2n) is 3.33. The van der Waals surface area contributed by atoms with E-state index in [0.29, 0.717) is 5.82 Å². The Kier molecular flexibility index (Phi) is 3.39. The summed E-state index contributed by atoms with van der Waals surface area (Å²) in [6, 6.07) is 7.80. The van der Waals surface area contributed by atoms with Crippen LogP contribution in [-0.2, 0) is 0 Å². The molecule has 0 atom stereocenters. The number of thioether (sulfide) groups is 1. The summed E-state index contributed by atoms with van der Waals surface area (Å²) in [7, 11) is 0. The van der Waals surface area contributed by atoms with Gasteiger partial charge < -0.3 is 5.11 Å². The van der Waals surface area contributed by atoms with Crippen molar-refractivity contribution in [1.29, 1.82) is 0 Å². The molecule has 0 spiro atoms. The molecule has 5 heteroatoms. The number of rotatable bonds is 3. The molecule has 0 saturated carbocycles. The van der Waals surface area contributed by atoms with Crippen molar-refractivity contribution in [2.45, 2.75) is 4.90 Å². The van der Waals surface area contributed by atoms with Gasteiger partial charge in [-0.1, -0.05) is 12.1 Å². The van der Waals surface area contributed by atoms with E-state index in [0.717, 1.165) is 10.5 Å². The molecule has 2 aromatic rings. The maximum Gasteiger partial charge on any atom is 0.338 e. The van der Waals surface area contributed by atoms with Crippen LogP contribution < -0.4 is 0 Å². The Hall–Kier alpha value is -1.88. The van der Waals surface area contributed by atoms with Gasteiger partial charge in [0, 0.05) is 22.9 Å². The third kappa shape index (κ3) is 2.62. The van der Waals surface area contributed by atoms with Crippen molar-refractivity contribution >= 4 is 17.7 Å². The summed E-state index contributed by atoms with van der Waals surface area (Å²) in [6.45, 7) is 0. The van der Waals surface area contributed by atoms with Crippen molar-refractivity contribution in [2.24, 2.45) is 0 Å². The van der Waals surface area contributed by atoms with Crippen LogP contribution in [0.2, 0.25) is 0 Å². The van der Waals surface area contributed by atoms with Crippen molar-refractivity contribution in [3.05, 3.63) is 42.2 Å². The van der Waals surface area contributed by atoms with E-state index in [1.165, 1.54) is 12.4 Å². The largest absolute Gasteiger partial charge is 0.478 e. The van der Waals surface area contributed by atoms with Gasteiger partial charge in [0.15, 0.2) is 5.82 Å². The Balaban J connectivity index is 2.29. The van der Waals surface area contributed by atoms with Gasteiger partial charge in [0.25, 0.3) is 0 Å². The summed E-state index contributed by atoms with van der Waals surface area (Å²) in [5.74, 6) is -0.489. The first-order chi connectivity index (χ1) is 8.20. The molecular weight excluding hydrogens is 236 g/mol. The Bertz CT molecular complexity index is 523. The summed E-state index contributed by atoms with van der Waals surface area (Å²) >= 11 is 1.66. The van der Waals surface area contributed by atoms with Crippen molar-refractivity contribution in [3.63, 3.8) is 0 Å². The highest BCUT2D eigenvalue weighted by Crippen LogP contribution is 2.20. The first kappa shape index (κ1) is 11.6. The lowest BCUT2D eigenvalue weighted by molar-refractivity contribution is 0.0696. The summed E-state index contributed by atoms with van der Waals surface area (Å²) in [5, 5.41) is 8.73. The Labute approximate surface area is 103 Å². The molecule has 0 saturated heterocycles. The zero-order valence-corrected chi connectivity index (χ0v) is 9.94. The molecule has 2 rings (SSSR count). The average Bonchev–Trinajstić information content (AvgIpc) is 2.39. The first-order valence-electron chi connectivity index (χ1n) is 4.90. The fraction of sp³-hybridized carbons (Fsp3) is 0.0833. The molecule has 0 aliphatic rings. The molecule has 0 radical (unpaired) electrons. The van der Waals surface area contributed by atoms with E-state index in [-0.39, 0.29) is 5.56 Å². The van der Waals surface area contributed by atoms with Crippen LogP contribution in [0.4, 0.5) is 0 Å². The number of hydrogen-bond donors (Lipinski definition) is 1. The van der Waals surface area contributed by atoms with Crippen molar-refractivity contribution in [3.8, 4) is 11.4 Å². The number of hydrogen-bond acceptors (Lipinski definition) is 4. The highest BCUT2D eigenvalue weighted by atomic mass is 32.2. The molecule has 4 nitrogen and oxygen atoms in total. The maximum atomic E-state index is 10.6. The van der Waals surface area contributed by atoms with Gasteiger partial charge >= 0.3 is 5.97 Å². The maximum absolute atomic E-state index is 10.6. The molecule has 0 bridgehead atoms. The molecule has 1 aromatic heterocycles. The molecule has 0 amide bonds. The van der Waals surface area contributed by atoms with E-state index in [4.69, 9.17) is 5.11 Å². The SMILES string of the molecule is CSc1ccc(-c2ncc(C(=O)O)cn2)cc1. The van der Waals surface area contributed by atoms with E-state index in [1.807, 2.05) is 30.5 Å². The molecular formula is C12H10N2O2S. The highest BCUT2D eigenvalue weighted by Gasteiger charge is 2.05. The summed E-state index contributed by atoms with van der Waals surface area (Å²) in [4.78, 5) is 19.9. The van der Waals surface area contributed by atoms with Gasteiger partial charge in [-0.2, -0.15) is 0 Å². The van der Waals surface area contributed by atoms with Gasteiger partial charge in [-0.05, 0) is 18.4 Å². The molecule has 17 heavy (non-hydrogen) atoms. The minimum atomic E-state index is -1.02. The monoisotopic (exact) mass is 246 g/mol. The molecule has 1 N–H and O–H groups in total. The second-order valence-corrected chi connectivity index (χ2v) is 4.21. The number of carbonyl (C=O) groups is 1. The Morgan fingerprint density at radius 1 is 1.18 bits per heavy atom. The minimum Gasteiger partial charge on any atom is -0.478 e. The van der Waals surface area contributed by atoms with Gasteiger partial charge in [0.05, 0.1) is 5.56 Å². The van der Waals surface area contributed by atoms with Crippen LogP contribution in [-0.4, -0.2) is 27.3 Å². The zero-order chi connectivity index (χ0) is 12.3.